The normalized spacial score (nSPS) is 18.8. The first-order chi connectivity index (χ1) is 8.15. The zero-order valence-electron chi connectivity index (χ0n) is 11.1. The molecule has 1 aliphatic carbocycles. The van der Waals surface area contributed by atoms with Crippen LogP contribution in [0.1, 0.15) is 44.8 Å². The number of benzene rings is 1. The molecule has 0 amide bonds. The van der Waals surface area contributed by atoms with Gasteiger partial charge in [-0.2, -0.15) is 0 Å². The molecule has 1 N–H and O–H groups in total. The Morgan fingerprint density at radius 1 is 1.35 bits per heavy atom. The molecule has 2 heteroatoms. The summed E-state index contributed by atoms with van der Waals surface area (Å²) in [5.41, 5.74) is 2.24. The number of nitrogens with zero attached hydrogens (tertiary/aromatic N) is 1. The average Bonchev–Trinajstić information content (AvgIpc) is 3.20. The molecule has 0 aromatic heterocycles. The SMILES string of the molecule is CC[C@H](O)c1ccccc1N(C)C(C)C1CC1. The van der Waals surface area contributed by atoms with Gasteiger partial charge < -0.3 is 10.0 Å². The van der Waals surface area contributed by atoms with Crippen LogP contribution in [0.15, 0.2) is 24.3 Å². The molecule has 94 valence electrons. The lowest BCUT2D eigenvalue weighted by Crippen LogP contribution is -2.31. The monoisotopic (exact) mass is 233 g/mol. The second kappa shape index (κ2) is 5.09. The highest BCUT2D eigenvalue weighted by Gasteiger charge is 2.31. The molecule has 2 nitrogen and oxygen atoms in total. The van der Waals surface area contributed by atoms with Crippen molar-refractivity contribution in [1.29, 1.82) is 0 Å². The van der Waals surface area contributed by atoms with Crippen LogP contribution in [0.3, 0.4) is 0 Å². The molecule has 2 rings (SSSR count). The molecule has 1 aliphatic rings. The molecule has 1 aromatic rings. The van der Waals surface area contributed by atoms with Crippen molar-refractivity contribution in [3.63, 3.8) is 0 Å². The summed E-state index contributed by atoms with van der Waals surface area (Å²) < 4.78 is 0. The van der Waals surface area contributed by atoms with Gasteiger partial charge in [0, 0.05) is 24.3 Å². The van der Waals surface area contributed by atoms with Gasteiger partial charge in [-0.15, -0.1) is 0 Å². The molecule has 0 spiro atoms. The summed E-state index contributed by atoms with van der Waals surface area (Å²) in [6, 6.07) is 8.79. The Balaban J connectivity index is 2.23. The Morgan fingerprint density at radius 2 is 2.00 bits per heavy atom. The standard InChI is InChI=1S/C15H23NO/c1-4-15(17)13-7-5-6-8-14(13)16(3)11(2)12-9-10-12/h5-8,11-12,15,17H,4,9-10H2,1-3H3/t11?,15-/m0/s1. The Hall–Kier alpha value is -1.02. The lowest BCUT2D eigenvalue weighted by molar-refractivity contribution is 0.174. The Kier molecular flexibility index (Phi) is 3.72. The van der Waals surface area contributed by atoms with Crippen molar-refractivity contribution >= 4 is 5.69 Å². The van der Waals surface area contributed by atoms with E-state index in [0.29, 0.717) is 6.04 Å². The topological polar surface area (TPSA) is 23.5 Å². The van der Waals surface area contributed by atoms with Crippen LogP contribution in [0.5, 0.6) is 0 Å². The van der Waals surface area contributed by atoms with Crippen molar-refractivity contribution in [3.8, 4) is 0 Å². The van der Waals surface area contributed by atoms with Gasteiger partial charge in [-0.3, -0.25) is 0 Å². The molecule has 1 aromatic carbocycles. The van der Waals surface area contributed by atoms with E-state index in [2.05, 4.69) is 31.0 Å². The minimum absolute atomic E-state index is 0.347. The smallest absolute Gasteiger partial charge is 0.0807 e. The average molecular weight is 233 g/mol. The first-order valence-corrected chi connectivity index (χ1v) is 6.65. The third-order valence-electron chi connectivity index (χ3n) is 3.98. The predicted molar refractivity (Wildman–Crippen MR) is 72.3 cm³/mol. The Labute approximate surface area is 104 Å². The Bertz CT molecular complexity index is 373. The molecule has 0 aliphatic heterocycles. The second-order valence-corrected chi connectivity index (χ2v) is 5.17. The first kappa shape index (κ1) is 12.4. The van der Waals surface area contributed by atoms with Gasteiger partial charge in [-0.05, 0) is 38.2 Å². The molecule has 0 saturated heterocycles. The van der Waals surface area contributed by atoms with Crippen molar-refractivity contribution in [1.82, 2.24) is 0 Å². The fourth-order valence-electron chi connectivity index (χ4n) is 2.42. The number of hydrogen-bond acceptors (Lipinski definition) is 2. The van der Waals surface area contributed by atoms with Crippen molar-refractivity contribution in [3.05, 3.63) is 29.8 Å². The highest BCUT2D eigenvalue weighted by atomic mass is 16.3. The van der Waals surface area contributed by atoms with Crippen LogP contribution in [0, 0.1) is 5.92 Å². The maximum absolute atomic E-state index is 10.1. The van der Waals surface area contributed by atoms with E-state index in [1.54, 1.807) is 0 Å². The third-order valence-corrected chi connectivity index (χ3v) is 3.98. The minimum atomic E-state index is -0.347. The number of para-hydroxylation sites is 1. The summed E-state index contributed by atoms with van der Waals surface area (Å²) in [4.78, 5) is 2.33. The molecule has 1 saturated carbocycles. The molecule has 0 radical (unpaired) electrons. The molecular formula is C15H23NO. The molecule has 0 heterocycles. The van der Waals surface area contributed by atoms with Gasteiger partial charge in [-0.25, -0.2) is 0 Å². The summed E-state index contributed by atoms with van der Waals surface area (Å²) in [6.07, 6.45) is 3.12. The lowest BCUT2D eigenvalue weighted by atomic mass is 10.0. The number of aliphatic hydroxyl groups is 1. The van der Waals surface area contributed by atoms with Crippen LogP contribution in [0.2, 0.25) is 0 Å². The van der Waals surface area contributed by atoms with Gasteiger partial charge in [0.1, 0.15) is 0 Å². The molecule has 0 bridgehead atoms. The molecule has 2 atom stereocenters. The Morgan fingerprint density at radius 3 is 2.59 bits per heavy atom. The fraction of sp³-hybridized carbons (Fsp3) is 0.600. The van der Waals surface area contributed by atoms with Crippen molar-refractivity contribution in [2.45, 2.75) is 45.3 Å². The second-order valence-electron chi connectivity index (χ2n) is 5.17. The van der Waals surface area contributed by atoms with Crippen LogP contribution in [-0.2, 0) is 0 Å². The van der Waals surface area contributed by atoms with Crippen LogP contribution >= 0.6 is 0 Å². The van der Waals surface area contributed by atoms with Crippen LogP contribution in [-0.4, -0.2) is 18.2 Å². The zero-order valence-corrected chi connectivity index (χ0v) is 11.1. The summed E-state index contributed by atoms with van der Waals surface area (Å²) in [5.74, 6) is 0.840. The quantitative estimate of drug-likeness (QED) is 0.843. The van der Waals surface area contributed by atoms with E-state index in [-0.39, 0.29) is 6.10 Å². The van der Waals surface area contributed by atoms with Gasteiger partial charge in [0.05, 0.1) is 6.10 Å². The van der Waals surface area contributed by atoms with Crippen LogP contribution in [0.4, 0.5) is 5.69 Å². The summed E-state index contributed by atoms with van der Waals surface area (Å²) in [7, 11) is 2.14. The van der Waals surface area contributed by atoms with Crippen molar-refractivity contribution in [2.24, 2.45) is 5.92 Å². The van der Waals surface area contributed by atoms with Gasteiger partial charge in [0.2, 0.25) is 0 Å². The largest absolute Gasteiger partial charge is 0.388 e. The minimum Gasteiger partial charge on any atom is -0.388 e. The molecule has 17 heavy (non-hydrogen) atoms. The van der Waals surface area contributed by atoms with Gasteiger partial charge in [-0.1, -0.05) is 25.1 Å². The molecular weight excluding hydrogens is 210 g/mol. The van der Waals surface area contributed by atoms with Crippen molar-refractivity contribution < 1.29 is 5.11 Å². The van der Waals surface area contributed by atoms with E-state index in [0.717, 1.165) is 17.9 Å². The summed E-state index contributed by atoms with van der Waals surface area (Å²) >= 11 is 0. The summed E-state index contributed by atoms with van der Waals surface area (Å²) in [6.45, 7) is 4.30. The number of rotatable bonds is 5. The number of hydrogen-bond donors (Lipinski definition) is 1. The lowest BCUT2D eigenvalue weighted by Gasteiger charge is -2.30. The highest BCUT2D eigenvalue weighted by molar-refractivity contribution is 5.55. The van der Waals surface area contributed by atoms with E-state index in [4.69, 9.17) is 0 Å². The van der Waals surface area contributed by atoms with E-state index >= 15 is 0 Å². The van der Waals surface area contributed by atoms with E-state index in [1.807, 2.05) is 19.1 Å². The highest BCUT2D eigenvalue weighted by Crippen LogP contribution is 2.38. The van der Waals surface area contributed by atoms with E-state index in [1.165, 1.54) is 18.5 Å². The zero-order chi connectivity index (χ0) is 12.4. The maximum atomic E-state index is 10.1. The van der Waals surface area contributed by atoms with Crippen LogP contribution in [0.25, 0.3) is 0 Å². The molecule has 1 fully saturated rings. The van der Waals surface area contributed by atoms with Crippen LogP contribution < -0.4 is 4.90 Å². The van der Waals surface area contributed by atoms with Gasteiger partial charge in [0.15, 0.2) is 0 Å². The van der Waals surface area contributed by atoms with Crippen molar-refractivity contribution in [2.75, 3.05) is 11.9 Å². The number of aliphatic hydroxyl groups excluding tert-OH is 1. The van der Waals surface area contributed by atoms with Gasteiger partial charge in [0.25, 0.3) is 0 Å². The van der Waals surface area contributed by atoms with Gasteiger partial charge >= 0.3 is 0 Å². The van der Waals surface area contributed by atoms with E-state index in [9.17, 15) is 5.11 Å². The third kappa shape index (κ3) is 2.63. The first-order valence-electron chi connectivity index (χ1n) is 6.65. The maximum Gasteiger partial charge on any atom is 0.0807 e. The molecule has 1 unspecified atom stereocenters. The van der Waals surface area contributed by atoms with E-state index < -0.39 is 0 Å². The number of anilines is 1. The fourth-order valence-corrected chi connectivity index (χ4v) is 2.42. The summed E-state index contributed by atoms with van der Waals surface area (Å²) in [5, 5.41) is 10.1. The predicted octanol–water partition coefficient (Wildman–Crippen LogP) is 3.36.